The van der Waals surface area contributed by atoms with E-state index in [2.05, 4.69) is 16.7 Å². The van der Waals surface area contributed by atoms with E-state index in [1.54, 1.807) is 0 Å². The van der Waals surface area contributed by atoms with Crippen molar-refractivity contribution in [2.45, 2.75) is 31.7 Å². The van der Waals surface area contributed by atoms with Crippen LogP contribution < -0.4 is 10.6 Å². The van der Waals surface area contributed by atoms with Crippen LogP contribution in [-0.4, -0.2) is 42.9 Å². The van der Waals surface area contributed by atoms with Crippen LogP contribution in [0.3, 0.4) is 0 Å². The minimum Gasteiger partial charge on any atom is -0.345 e. The number of piperidine rings is 1. The van der Waals surface area contributed by atoms with Crippen molar-refractivity contribution >= 4 is 11.8 Å². The van der Waals surface area contributed by atoms with Crippen molar-refractivity contribution in [2.75, 3.05) is 26.2 Å². The third kappa shape index (κ3) is 3.30. The molecule has 1 fully saturated rings. The molecule has 2 amide bonds. The molecule has 0 saturated carbocycles. The Morgan fingerprint density at radius 3 is 2.77 bits per heavy atom. The first-order valence-electron chi connectivity index (χ1n) is 8.12. The molecule has 0 aromatic heterocycles. The fourth-order valence-electron chi connectivity index (χ4n) is 3.26. The van der Waals surface area contributed by atoms with E-state index < -0.39 is 0 Å². The topological polar surface area (TPSA) is 61.4 Å². The van der Waals surface area contributed by atoms with Crippen LogP contribution in [0.5, 0.6) is 0 Å². The van der Waals surface area contributed by atoms with Crippen molar-refractivity contribution in [3.63, 3.8) is 0 Å². The maximum absolute atomic E-state index is 12.4. The van der Waals surface area contributed by atoms with Gasteiger partial charge in [0.05, 0.1) is 6.54 Å². The average molecular weight is 301 g/mol. The average Bonchev–Trinajstić information content (AvgIpc) is 2.59. The largest absolute Gasteiger partial charge is 0.345 e. The maximum atomic E-state index is 12.4. The highest BCUT2D eigenvalue weighted by molar-refractivity contribution is 5.88. The van der Waals surface area contributed by atoms with Crippen LogP contribution in [0.25, 0.3) is 0 Å². The highest BCUT2D eigenvalue weighted by Crippen LogP contribution is 2.22. The van der Waals surface area contributed by atoms with E-state index in [0.29, 0.717) is 0 Å². The van der Waals surface area contributed by atoms with Gasteiger partial charge in [0.1, 0.15) is 6.04 Å². The number of carbonyl (C=O) groups is 2. The molecule has 22 heavy (non-hydrogen) atoms. The van der Waals surface area contributed by atoms with Crippen molar-refractivity contribution in [2.24, 2.45) is 0 Å². The fraction of sp³-hybridized carbons (Fsp3) is 0.529. The molecule has 3 rings (SSSR count). The zero-order chi connectivity index (χ0) is 15.4. The van der Waals surface area contributed by atoms with Crippen molar-refractivity contribution in [3.05, 3.63) is 35.4 Å². The predicted octanol–water partition coefficient (Wildman–Crippen LogP) is 1.00. The molecule has 2 aliphatic rings. The molecule has 1 aromatic rings. The van der Waals surface area contributed by atoms with E-state index in [9.17, 15) is 9.59 Å². The van der Waals surface area contributed by atoms with Crippen molar-refractivity contribution in [1.82, 2.24) is 15.5 Å². The Balaban J connectivity index is 1.57. The van der Waals surface area contributed by atoms with Crippen molar-refractivity contribution < 1.29 is 9.59 Å². The van der Waals surface area contributed by atoms with Gasteiger partial charge in [-0.2, -0.15) is 0 Å². The highest BCUT2D eigenvalue weighted by Gasteiger charge is 2.26. The number of benzene rings is 1. The van der Waals surface area contributed by atoms with Crippen LogP contribution in [0.15, 0.2) is 24.3 Å². The van der Waals surface area contributed by atoms with E-state index in [1.807, 2.05) is 23.1 Å². The van der Waals surface area contributed by atoms with Gasteiger partial charge in [0.25, 0.3) is 0 Å². The molecule has 0 spiro atoms. The lowest BCUT2D eigenvalue weighted by Crippen LogP contribution is -2.46. The third-order valence-corrected chi connectivity index (χ3v) is 4.49. The number of hydrogen-bond acceptors (Lipinski definition) is 3. The summed E-state index contributed by atoms with van der Waals surface area (Å²) in [6.07, 6.45) is 4.26. The normalized spacial score (nSPS) is 21.1. The van der Waals surface area contributed by atoms with Crippen molar-refractivity contribution in [3.8, 4) is 0 Å². The minimum absolute atomic E-state index is 0.0251. The van der Waals surface area contributed by atoms with Crippen LogP contribution in [0, 0.1) is 0 Å². The molecule has 2 N–H and O–H groups in total. The van der Waals surface area contributed by atoms with Gasteiger partial charge in [-0.05, 0) is 36.8 Å². The standard InChI is InChI=1S/C17H23N3O2/c21-15(20-10-4-1-5-11-20)12-19-17(22)16-14-7-3-2-6-13(14)8-9-18-16/h2-3,6-7,16,18H,1,4-5,8-12H2,(H,19,22)/t16-/m0/s1. The second kappa shape index (κ2) is 6.92. The van der Waals surface area contributed by atoms with E-state index in [4.69, 9.17) is 0 Å². The van der Waals surface area contributed by atoms with E-state index in [0.717, 1.165) is 44.5 Å². The van der Waals surface area contributed by atoms with E-state index in [1.165, 1.54) is 12.0 Å². The number of likely N-dealkylation sites (tertiary alicyclic amines) is 1. The number of amides is 2. The van der Waals surface area contributed by atoms with Gasteiger partial charge in [-0.1, -0.05) is 24.3 Å². The Morgan fingerprint density at radius 1 is 1.18 bits per heavy atom. The molecule has 118 valence electrons. The number of rotatable bonds is 3. The second-order valence-corrected chi connectivity index (χ2v) is 6.00. The van der Waals surface area contributed by atoms with Crippen LogP contribution in [0.1, 0.15) is 36.4 Å². The van der Waals surface area contributed by atoms with Gasteiger partial charge in [-0.15, -0.1) is 0 Å². The van der Waals surface area contributed by atoms with Gasteiger partial charge in [0.15, 0.2) is 0 Å². The molecule has 1 atom stereocenters. The van der Waals surface area contributed by atoms with E-state index >= 15 is 0 Å². The number of fused-ring (bicyclic) bond motifs is 1. The number of nitrogens with one attached hydrogen (secondary N) is 2. The zero-order valence-electron chi connectivity index (χ0n) is 12.8. The van der Waals surface area contributed by atoms with Gasteiger partial charge < -0.3 is 15.5 Å². The number of carbonyl (C=O) groups excluding carboxylic acids is 2. The Labute approximate surface area is 131 Å². The smallest absolute Gasteiger partial charge is 0.242 e. The highest BCUT2D eigenvalue weighted by atomic mass is 16.2. The maximum Gasteiger partial charge on any atom is 0.242 e. The lowest BCUT2D eigenvalue weighted by atomic mass is 9.94. The molecule has 5 heteroatoms. The molecular weight excluding hydrogens is 278 g/mol. The first kappa shape index (κ1) is 15.0. The summed E-state index contributed by atoms with van der Waals surface area (Å²) in [7, 11) is 0. The molecule has 0 radical (unpaired) electrons. The summed E-state index contributed by atoms with van der Waals surface area (Å²) in [5, 5.41) is 6.04. The molecular formula is C17H23N3O2. The zero-order valence-corrected chi connectivity index (χ0v) is 12.8. The summed E-state index contributed by atoms with van der Waals surface area (Å²) in [6.45, 7) is 2.52. The number of hydrogen-bond donors (Lipinski definition) is 2. The summed E-state index contributed by atoms with van der Waals surface area (Å²) in [5.74, 6) is -0.0883. The van der Waals surface area contributed by atoms with Gasteiger partial charge in [0.2, 0.25) is 11.8 Å². The molecule has 1 aromatic carbocycles. The molecule has 0 unspecified atom stereocenters. The molecule has 2 heterocycles. The quantitative estimate of drug-likeness (QED) is 0.875. The van der Waals surface area contributed by atoms with Crippen molar-refractivity contribution in [1.29, 1.82) is 0 Å². The first-order chi connectivity index (χ1) is 10.8. The monoisotopic (exact) mass is 301 g/mol. The van der Waals surface area contributed by atoms with Gasteiger partial charge >= 0.3 is 0 Å². The van der Waals surface area contributed by atoms with E-state index in [-0.39, 0.29) is 24.4 Å². The van der Waals surface area contributed by atoms with Crippen LogP contribution >= 0.6 is 0 Å². The second-order valence-electron chi connectivity index (χ2n) is 6.00. The van der Waals surface area contributed by atoms with Crippen LogP contribution in [0.2, 0.25) is 0 Å². The Morgan fingerprint density at radius 2 is 1.95 bits per heavy atom. The molecule has 0 aliphatic carbocycles. The SMILES string of the molecule is O=C(NCC(=O)N1CCCCC1)[C@H]1NCCc2ccccc21. The Kier molecular flexibility index (Phi) is 4.73. The van der Waals surface area contributed by atoms with Crippen LogP contribution in [-0.2, 0) is 16.0 Å². The predicted molar refractivity (Wildman–Crippen MR) is 84.3 cm³/mol. The number of nitrogens with zero attached hydrogens (tertiary/aromatic N) is 1. The molecule has 2 aliphatic heterocycles. The first-order valence-corrected chi connectivity index (χ1v) is 8.12. The fourth-order valence-corrected chi connectivity index (χ4v) is 3.26. The lowest BCUT2D eigenvalue weighted by Gasteiger charge is -2.28. The Hall–Kier alpha value is -1.88. The molecule has 0 bridgehead atoms. The summed E-state index contributed by atoms with van der Waals surface area (Å²) >= 11 is 0. The molecule has 5 nitrogen and oxygen atoms in total. The summed E-state index contributed by atoms with van der Waals surface area (Å²) in [6, 6.07) is 7.65. The molecule has 1 saturated heterocycles. The van der Waals surface area contributed by atoms with Gasteiger partial charge in [0, 0.05) is 19.6 Å². The third-order valence-electron chi connectivity index (χ3n) is 4.49. The minimum atomic E-state index is -0.348. The van der Waals surface area contributed by atoms with Gasteiger partial charge in [-0.3, -0.25) is 9.59 Å². The summed E-state index contributed by atoms with van der Waals surface area (Å²) in [4.78, 5) is 26.4. The Bertz CT molecular complexity index is 553. The van der Waals surface area contributed by atoms with Crippen LogP contribution in [0.4, 0.5) is 0 Å². The van der Waals surface area contributed by atoms with Gasteiger partial charge in [-0.25, -0.2) is 0 Å². The summed E-state index contributed by atoms with van der Waals surface area (Å²) in [5.41, 5.74) is 2.24. The lowest BCUT2D eigenvalue weighted by molar-refractivity contribution is -0.134. The summed E-state index contributed by atoms with van der Waals surface area (Å²) < 4.78 is 0.